The van der Waals surface area contributed by atoms with Crippen molar-refractivity contribution in [3.8, 4) is 5.69 Å². The highest BCUT2D eigenvalue weighted by Gasteiger charge is 2.21. The SMILES string of the molecule is Cc1cc(=O)c(C(=O)Nc2ccccc2NC(=O)c2ccccc2)nn1-c1ccccc1[N+](=O)[O-]. The zero-order valence-corrected chi connectivity index (χ0v) is 18.5. The molecule has 2 amide bonds. The van der Waals surface area contributed by atoms with Crippen LogP contribution in [0.4, 0.5) is 17.1 Å². The van der Waals surface area contributed by atoms with Gasteiger partial charge in [0.1, 0.15) is 5.69 Å². The third-order valence-electron chi connectivity index (χ3n) is 5.09. The zero-order valence-electron chi connectivity index (χ0n) is 18.5. The Balaban J connectivity index is 1.66. The number of aryl methyl sites for hydroxylation is 1. The van der Waals surface area contributed by atoms with Crippen LogP contribution < -0.4 is 16.1 Å². The molecule has 0 saturated carbocycles. The molecule has 1 heterocycles. The number of hydrogen-bond acceptors (Lipinski definition) is 6. The second kappa shape index (κ2) is 9.79. The lowest BCUT2D eigenvalue weighted by atomic mass is 10.2. The standard InChI is InChI=1S/C25H19N5O5/c1-16-15-22(31)23(28-29(16)20-13-7-8-14-21(20)30(34)35)25(33)27-19-12-6-5-11-18(19)26-24(32)17-9-3-2-4-10-17/h2-15H,1H3,(H,26,32)(H,27,33). The Morgan fingerprint density at radius 1 is 0.857 bits per heavy atom. The molecule has 0 radical (unpaired) electrons. The summed E-state index contributed by atoms with van der Waals surface area (Å²) in [5.74, 6) is -1.21. The smallest absolute Gasteiger partial charge is 0.294 e. The number of nitro benzene ring substituents is 1. The van der Waals surface area contributed by atoms with Crippen molar-refractivity contribution in [1.29, 1.82) is 0 Å². The third kappa shape index (κ3) is 4.96. The number of carbonyl (C=O) groups is 2. The predicted octanol–water partition coefficient (Wildman–Crippen LogP) is 3.95. The van der Waals surface area contributed by atoms with Crippen molar-refractivity contribution in [2.75, 3.05) is 10.6 Å². The quantitative estimate of drug-likeness (QED) is 0.324. The van der Waals surface area contributed by atoms with Gasteiger partial charge in [-0.3, -0.25) is 24.5 Å². The highest BCUT2D eigenvalue weighted by atomic mass is 16.6. The number of anilines is 2. The van der Waals surface area contributed by atoms with Crippen LogP contribution in [0.25, 0.3) is 5.69 Å². The first-order valence-corrected chi connectivity index (χ1v) is 10.5. The molecule has 0 fully saturated rings. The topological polar surface area (TPSA) is 136 Å². The largest absolute Gasteiger partial charge is 0.320 e. The fraction of sp³-hybridized carbons (Fsp3) is 0.0400. The summed E-state index contributed by atoms with van der Waals surface area (Å²) in [4.78, 5) is 49.0. The van der Waals surface area contributed by atoms with Gasteiger partial charge < -0.3 is 10.6 Å². The van der Waals surface area contributed by atoms with Gasteiger partial charge in [-0.2, -0.15) is 5.10 Å². The summed E-state index contributed by atoms with van der Waals surface area (Å²) in [6.45, 7) is 1.56. The molecule has 2 N–H and O–H groups in total. The minimum Gasteiger partial charge on any atom is -0.320 e. The van der Waals surface area contributed by atoms with Gasteiger partial charge in [0.25, 0.3) is 17.5 Å². The second-order valence-corrected chi connectivity index (χ2v) is 7.48. The lowest BCUT2D eigenvalue weighted by molar-refractivity contribution is -0.384. The van der Waals surface area contributed by atoms with E-state index >= 15 is 0 Å². The molecule has 0 spiro atoms. The zero-order chi connectivity index (χ0) is 24.9. The van der Waals surface area contributed by atoms with Crippen LogP contribution in [-0.2, 0) is 0 Å². The minimum absolute atomic E-state index is 0.111. The Bertz CT molecular complexity index is 1500. The molecule has 174 valence electrons. The summed E-state index contributed by atoms with van der Waals surface area (Å²) in [5.41, 5.74) is 0.0874. The molecule has 4 aromatic rings. The molecule has 0 bridgehead atoms. The molecule has 1 aromatic heterocycles. The molecule has 10 nitrogen and oxygen atoms in total. The number of para-hydroxylation sites is 4. The van der Waals surface area contributed by atoms with Crippen LogP contribution in [0, 0.1) is 17.0 Å². The number of nitrogens with one attached hydrogen (secondary N) is 2. The second-order valence-electron chi connectivity index (χ2n) is 7.48. The molecule has 35 heavy (non-hydrogen) atoms. The van der Waals surface area contributed by atoms with Gasteiger partial charge in [0.15, 0.2) is 5.69 Å². The Morgan fingerprint density at radius 2 is 1.43 bits per heavy atom. The summed E-state index contributed by atoms with van der Waals surface area (Å²) >= 11 is 0. The first-order chi connectivity index (χ1) is 16.8. The minimum atomic E-state index is -0.830. The van der Waals surface area contributed by atoms with E-state index in [0.29, 0.717) is 16.9 Å². The Kier molecular flexibility index (Phi) is 6.45. The van der Waals surface area contributed by atoms with Crippen molar-refractivity contribution in [2.45, 2.75) is 6.92 Å². The first-order valence-electron chi connectivity index (χ1n) is 10.5. The number of nitro groups is 1. The van der Waals surface area contributed by atoms with E-state index in [-0.39, 0.29) is 23.0 Å². The van der Waals surface area contributed by atoms with E-state index in [1.54, 1.807) is 67.6 Å². The predicted molar refractivity (Wildman–Crippen MR) is 130 cm³/mol. The average molecular weight is 469 g/mol. The van der Waals surface area contributed by atoms with E-state index in [2.05, 4.69) is 15.7 Å². The van der Waals surface area contributed by atoms with Crippen molar-refractivity contribution in [1.82, 2.24) is 9.78 Å². The highest BCUT2D eigenvalue weighted by Crippen LogP contribution is 2.24. The van der Waals surface area contributed by atoms with Crippen LogP contribution in [0.2, 0.25) is 0 Å². The molecular weight excluding hydrogens is 450 g/mol. The van der Waals surface area contributed by atoms with Gasteiger partial charge in [0.2, 0.25) is 5.43 Å². The van der Waals surface area contributed by atoms with Crippen LogP contribution in [0.5, 0.6) is 0 Å². The number of aromatic nitrogens is 2. The normalized spacial score (nSPS) is 10.4. The molecule has 4 rings (SSSR count). The van der Waals surface area contributed by atoms with Gasteiger partial charge in [0, 0.05) is 23.4 Å². The maximum atomic E-state index is 13.0. The number of hydrogen-bond donors (Lipinski definition) is 2. The molecule has 0 aliphatic carbocycles. The molecule has 3 aromatic carbocycles. The lowest BCUT2D eigenvalue weighted by Gasteiger charge is -2.14. The number of benzene rings is 3. The molecule has 0 saturated heterocycles. The molecular formula is C25H19N5O5. The van der Waals surface area contributed by atoms with Crippen LogP contribution in [-0.4, -0.2) is 26.5 Å². The molecule has 0 atom stereocenters. The summed E-state index contributed by atoms with van der Waals surface area (Å²) in [6, 6.07) is 22.1. The Hall–Kier alpha value is -5.12. The van der Waals surface area contributed by atoms with Gasteiger partial charge in [-0.05, 0) is 37.3 Å². The van der Waals surface area contributed by atoms with Crippen LogP contribution in [0.3, 0.4) is 0 Å². The molecule has 0 unspecified atom stereocenters. The first kappa shape index (κ1) is 23.1. The fourth-order valence-corrected chi connectivity index (χ4v) is 3.41. The maximum absolute atomic E-state index is 13.0. The van der Waals surface area contributed by atoms with Crippen molar-refractivity contribution in [3.05, 3.63) is 122 Å². The number of nitrogens with zero attached hydrogens (tertiary/aromatic N) is 3. The van der Waals surface area contributed by atoms with Gasteiger partial charge in [-0.15, -0.1) is 0 Å². The van der Waals surface area contributed by atoms with Crippen molar-refractivity contribution in [2.24, 2.45) is 0 Å². The number of rotatable bonds is 6. The lowest BCUT2D eigenvalue weighted by Crippen LogP contribution is -2.27. The monoisotopic (exact) mass is 469 g/mol. The Morgan fingerprint density at radius 3 is 2.09 bits per heavy atom. The highest BCUT2D eigenvalue weighted by molar-refractivity contribution is 6.09. The van der Waals surface area contributed by atoms with E-state index in [4.69, 9.17) is 0 Å². The summed E-state index contributed by atoms with van der Waals surface area (Å²) in [6.07, 6.45) is 0. The van der Waals surface area contributed by atoms with Gasteiger partial charge in [-0.1, -0.05) is 42.5 Å². The number of amides is 2. The van der Waals surface area contributed by atoms with Crippen LogP contribution in [0.1, 0.15) is 26.5 Å². The average Bonchev–Trinajstić information content (AvgIpc) is 2.85. The number of carbonyl (C=O) groups excluding carboxylic acids is 2. The summed E-state index contributed by atoms with van der Waals surface area (Å²) in [7, 11) is 0. The van der Waals surface area contributed by atoms with Crippen molar-refractivity contribution >= 4 is 28.9 Å². The molecule has 0 aliphatic heterocycles. The molecule has 10 heteroatoms. The van der Waals surface area contributed by atoms with Gasteiger partial charge in [0.05, 0.1) is 16.3 Å². The third-order valence-corrected chi connectivity index (χ3v) is 5.09. The summed E-state index contributed by atoms with van der Waals surface area (Å²) in [5, 5.41) is 20.9. The Labute approximate surface area is 199 Å². The molecule has 0 aliphatic rings. The van der Waals surface area contributed by atoms with E-state index in [0.717, 1.165) is 0 Å². The van der Waals surface area contributed by atoms with Crippen molar-refractivity contribution < 1.29 is 14.5 Å². The van der Waals surface area contributed by atoms with Gasteiger partial charge in [-0.25, -0.2) is 4.68 Å². The van der Waals surface area contributed by atoms with E-state index in [9.17, 15) is 24.5 Å². The fourth-order valence-electron chi connectivity index (χ4n) is 3.41. The van der Waals surface area contributed by atoms with E-state index in [1.807, 2.05) is 0 Å². The van der Waals surface area contributed by atoms with Crippen molar-refractivity contribution in [3.63, 3.8) is 0 Å². The maximum Gasteiger partial charge on any atom is 0.294 e. The van der Waals surface area contributed by atoms with Crippen LogP contribution in [0.15, 0.2) is 89.7 Å². The van der Waals surface area contributed by atoms with E-state index in [1.165, 1.54) is 28.9 Å². The van der Waals surface area contributed by atoms with E-state index < -0.39 is 22.0 Å². The summed E-state index contributed by atoms with van der Waals surface area (Å²) < 4.78 is 1.18. The van der Waals surface area contributed by atoms with Gasteiger partial charge >= 0.3 is 0 Å². The van der Waals surface area contributed by atoms with Crippen LogP contribution >= 0.6 is 0 Å².